The van der Waals surface area contributed by atoms with Gasteiger partial charge in [-0.1, -0.05) is 51.1 Å². The third-order valence-corrected chi connectivity index (χ3v) is 8.53. The van der Waals surface area contributed by atoms with E-state index in [9.17, 15) is 4.79 Å². The summed E-state index contributed by atoms with van der Waals surface area (Å²) in [6.07, 6.45) is -0.482. The minimum Gasteiger partial charge on any atom is -0.466 e. The molecule has 0 amide bonds. The van der Waals surface area contributed by atoms with Gasteiger partial charge in [0, 0.05) is 0 Å². The third-order valence-electron chi connectivity index (χ3n) is 4.41. The number of carbonyl (C=O) groups excluding carboxylic acids is 1. The number of carbonyl (C=O) groups is 1. The van der Waals surface area contributed by atoms with Gasteiger partial charge in [0.1, 0.15) is 6.10 Å². The maximum Gasteiger partial charge on any atom is 0.311 e. The van der Waals surface area contributed by atoms with Crippen LogP contribution in [-0.2, 0) is 19.0 Å². The van der Waals surface area contributed by atoms with Crippen molar-refractivity contribution in [2.75, 3.05) is 6.61 Å². The second-order valence-electron chi connectivity index (χ2n) is 7.31. The van der Waals surface area contributed by atoms with Crippen molar-refractivity contribution in [1.82, 2.24) is 0 Å². The first-order chi connectivity index (χ1) is 10.6. The molecule has 1 rings (SSSR count). The van der Waals surface area contributed by atoms with Crippen molar-refractivity contribution in [3.05, 3.63) is 35.9 Å². The minimum absolute atomic E-state index is 0.0292. The second kappa shape index (κ2) is 8.08. The van der Waals surface area contributed by atoms with Gasteiger partial charge < -0.3 is 4.74 Å². The van der Waals surface area contributed by atoms with Crippen LogP contribution in [0.3, 0.4) is 0 Å². The molecular formula is C18H30O4Si. The number of hydrogen-bond acceptors (Lipinski definition) is 4. The highest BCUT2D eigenvalue weighted by molar-refractivity contribution is 6.73. The second-order valence-corrected chi connectivity index (χ2v) is 12.0. The van der Waals surface area contributed by atoms with Crippen LogP contribution in [0.1, 0.15) is 46.3 Å². The number of ether oxygens (including phenoxy) is 1. The lowest BCUT2D eigenvalue weighted by atomic mass is 9.97. The van der Waals surface area contributed by atoms with Gasteiger partial charge in [0.05, 0.1) is 12.5 Å². The molecule has 0 saturated heterocycles. The zero-order valence-corrected chi connectivity index (χ0v) is 16.4. The van der Waals surface area contributed by atoms with Crippen LogP contribution in [0.15, 0.2) is 30.3 Å². The van der Waals surface area contributed by atoms with Gasteiger partial charge in [0.2, 0.25) is 8.32 Å². The highest BCUT2D eigenvalue weighted by Gasteiger charge is 2.40. The average molecular weight is 339 g/mol. The largest absolute Gasteiger partial charge is 0.466 e. The van der Waals surface area contributed by atoms with Gasteiger partial charge in [0.25, 0.3) is 0 Å². The van der Waals surface area contributed by atoms with Crippen molar-refractivity contribution < 1.29 is 19.0 Å². The van der Waals surface area contributed by atoms with Crippen LogP contribution < -0.4 is 0 Å². The van der Waals surface area contributed by atoms with E-state index in [4.69, 9.17) is 14.2 Å². The van der Waals surface area contributed by atoms with Gasteiger partial charge in [0.15, 0.2) is 0 Å². The maximum atomic E-state index is 12.1. The molecule has 0 bridgehead atoms. The highest BCUT2D eigenvalue weighted by atomic mass is 28.4. The lowest BCUT2D eigenvalue weighted by molar-refractivity contribution is -0.273. The molecule has 0 aromatic heterocycles. The summed E-state index contributed by atoms with van der Waals surface area (Å²) < 4.78 is 11.0. The molecule has 1 aromatic carbocycles. The van der Waals surface area contributed by atoms with Crippen LogP contribution in [0.25, 0.3) is 0 Å². The summed E-state index contributed by atoms with van der Waals surface area (Å²) in [4.78, 5) is 17.9. The van der Waals surface area contributed by atoms with E-state index < -0.39 is 20.3 Å². The van der Waals surface area contributed by atoms with E-state index in [0.29, 0.717) is 6.61 Å². The monoisotopic (exact) mass is 338 g/mol. The van der Waals surface area contributed by atoms with Crippen LogP contribution in [0.2, 0.25) is 18.1 Å². The number of hydrogen-bond donors (Lipinski definition) is 0. The molecule has 4 nitrogen and oxygen atoms in total. The van der Waals surface area contributed by atoms with E-state index in [2.05, 4.69) is 33.9 Å². The zero-order chi connectivity index (χ0) is 17.7. The van der Waals surface area contributed by atoms with E-state index in [1.807, 2.05) is 37.3 Å². The lowest BCUT2D eigenvalue weighted by Gasteiger charge is -2.36. The molecule has 130 valence electrons. The number of esters is 1. The first-order valence-corrected chi connectivity index (χ1v) is 11.1. The normalized spacial score (nSPS) is 15.1. The Hall–Kier alpha value is -1.17. The molecule has 0 aliphatic heterocycles. The third kappa shape index (κ3) is 5.44. The smallest absolute Gasteiger partial charge is 0.311 e. The summed E-state index contributed by atoms with van der Waals surface area (Å²) in [7, 11) is -2.07. The Morgan fingerprint density at radius 2 is 1.74 bits per heavy atom. The van der Waals surface area contributed by atoms with Gasteiger partial charge in [-0.15, -0.1) is 0 Å². The van der Waals surface area contributed by atoms with E-state index >= 15 is 0 Å². The van der Waals surface area contributed by atoms with Crippen LogP contribution in [-0.4, -0.2) is 20.9 Å². The fourth-order valence-electron chi connectivity index (χ4n) is 1.76. The van der Waals surface area contributed by atoms with Crippen LogP contribution in [0.5, 0.6) is 0 Å². The van der Waals surface area contributed by atoms with E-state index in [0.717, 1.165) is 5.56 Å². The van der Waals surface area contributed by atoms with Gasteiger partial charge in [-0.25, -0.2) is 4.89 Å². The summed E-state index contributed by atoms with van der Waals surface area (Å²) in [5, 5.41) is 0.0292. The van der Waals surface area contributed by atoms with Crippen LogP contribution >= 0.6 is 0 Å². The summed E-state index contributed by atoms with van der Waals surface area (Å²) in [6.45, 7) is 14.6. The van der Waals surface area contributed by atoms with Crippen LogP contribution in [0.4, 0.5) is 0 Å². The standard InChI is InChI=1S/C18H30O4Si/c1-8-20-17(19)14(2)16(15-12-10-9-11-13-15)21-22-23(6,7)18(3,4)5/h9-14,16H,8H2,1-7H3/t14-,16+/m0/s1. The van der Waals surface area contributed by atoms with E-state index in [1.165, 1.54) is 0 Å². The lowest BCUT2D eigenvalue weighted by Crippen LogP contribution is -2.41. The van der Waals surface area contributed by atoms with Crippen molar-refractivity contribution in [2.45, 2.75) is 58.9 Å². The first kappa shape index (κ1) is 19.9. The van der Waals surface area contributed by atoms with Crippen molar-refractivity contribution >= 4 is 14.3 Å². The zero-order valence-electron chi connectivity index (χ0n) is 15.4. The van der Waals surface area contributed by atoms with Gasteiger partial charge in [-0.05, 0) is 37.5 Å². The van der Waals surface area contributed by atoms with Crippen molar-refractivity contribution in [1.29, 1.82) is 0 Å². The molecule has 0 saturated carbocycles. The summed E-state index contributed by atoms with van der Waals surface area (Å²) >= 11 is 0. The number of rotatable bonds is 7. The van der Waals surface area contributed by atoms with Crippen molar-refractivity contribution in [3.63, 3.8) is 0 Å². The molecule has 0 heterocycles. The SMILES string of the molecule is CCOC(=O)[C@@H](C)[C@@H](OO[Si](C)(C)C(C)(C)C)c1ccccc1. The number of benzene rings is 1. The summed E-state index contributed by atoms with van der Waals surface area (Å²) in [6, 6.07) is 9.67. The molecule has 0 aliphatic carbocycles. The van der Waals surface area contributed by atoms with Crippen molar-refractivity contribution in [2.24, 2.45) is 5.92 Å². The Labute approximate surface area is 141 Å². The first-order valence-electron chi connectivity index (χ1n) is 8.16. The summed E-state index contributed by atoms with van der Waals surface area (Å²) in [5.41, 5.74) is 0.909. The van der Waals surface area contributed by atoms with Crippen molar-refractivity contribution in [3.8, 4) is 0 Å². The molecule has 0 fully saturated rings. The predicted molar refractivity (Wildman–Crippen MR) is 94.3 cm³/mol. The predicted octanol–water partition coefficient (Wildman–Crippen LogP) is 4.88. The summed E-state index contributed by atoms with van der Waals surface area (Å²) in [5.74, 6) is -0.720. The molecule has 23 heavy (non-hydrogen) atoms. The Morgan fingerprint density at radius 1 is 1.17 bits per heavy atom. The molecule has 5 heteroatoms. The minimum atomic E-state index is -2.07. The molecular weight excluding hydrogens is 308 g/mol. The molecule has 0 radical (unpaired) electrons. The fourth-order valence-corrected chi connectivity index (χ4v) is 2.36. The van der Waals surface area contributed by atoms with E-state index in [-0.39, 0.29) is 11.0 Å². The van der Waals surface area contributed by atoms with Gasteiger partial charge in [-0.3, -0.25) is 9.37 Å². The molecule has 0 N–H and O–H groups in total. The Morgan fingerprint density at radius 3 is 2.22 bits per heavy atom. The van der Waals surface area contributed by atoms with Gasteiger partial charge >= 0.3 is 5.97 Å². The quantitative estimate of drug-likeness (QED) is 0.308. The average Bonchev–Trinajstić information content (AvgIpc) is 2.47. The highest BCUT2D eigenvalue weighted by Crippen LogP contribution is 2.38. The Balaban J connectivity index is 2.95. The molecule has 0 spiro atoms. The fraction of sp³-hybridized carbons (Fsp3) is 0.611. The van der Waals surface area contributed by atoms with Gasteiger partial charge in [-0.2, -0.15) is 0 Å². The molecule has 2 atom stereocenters. The maximum absolute atomic E-state index is 12.1. The molecule has 0 unspecified atom stereocenters. The molecule has 0 aliphatic rings. The Kier molecular flexibility index (Phi) is 6.98. The topological polar surface area (TPSA) is 44.8 Å². The Bertz CT molecular complexity index is 493. The molecule has 1 aromatic rings. The van der Waals surface area contributed by atoms with E-state index in [1.54, 1.807) is 6.92 Å². The van der Waals surface area contributed by atoms with Crippen LogP contribution in [0, 0.1) is 5.92 Å².